The second-order valence-corrected chi connectivity index (χ2v) is 12.5. The lowest BCUT2D eigenvalue weighted by atomic mass is 9.82. The van der Waals surface area contributed by atoms with Crippen molar-refractivity contribution in [2.24, 2.45) is 0 Å². The van der Waals surface area contributed by atoms with Crippen molar-refractivity contribution in [2.75, 3.05) is 0 Å². The number of rotatable bonds is 3. The van der Waals surface area contributed by atoms with Gasteiger partial charge < -0.3 is 14.6 Å². The van der Waals surface area contributed by atoms with Crippen LogP contribution in [0.25, 0.3) is 11.1 Å². The highest BCUT2D eigenvalue weighted by Gasteiger charge is 2.26. The molecule has 0 aliphatic rings. The Labute approximate surface area is 189 Å². The molecule has 0 saturated heterocycles. The lowest BCUT2D eigenvalue weighted by Crippen LogP contribution is -2.24. The van der Waals surface area contributed by atoms with Crippen LogP contribution in [-0.2, 0) is 10.8 Å². The number of phenols is 1. The lowest BCUT2D eigenvalue weighted by molar-refractivity contribution is 0.130. The van der Waals surface area contributed by atoms with Crippen LogP contribution < -0.4 is 9.47 Å². The van der Waals surface area contributed by atoms with Gasteiger partial charge in [0.25, 0.3) is 0 Å². The molecule has 3 heteroatoms. The molecule has 3 nitrogen and oxygen atoms in total. The van der Waals surface area contributed by atoms with E-state index in [2.05, 4.69) is 53.7 Å². The third-order valence-electron chi connectivity index (χ3n) is 4.82. The Balaban J connectivity index is 2.81. The molecule has 0 saturated carbocycles. The Bertz CT molecular complexity index is 927. The van der Waals surface area contributed by atoms with Gasteiger partial charge in [0.15, 0.2) is 0 Å². The van der Waals surface area contributed by atoms with Gasteiger partial charge >= 0.3 is 0 Å². The van der Waals surface area contributed by atoms with Crippen molar-refractivity contribution in [3.63, 3.8) is 0 Å². The predicted octanol–water partition coefficient (Wildman–Crippen LogP) is 8.01. The molecule has 0 bridgehead atoms. The van der Waals surface area contributed by atoms with Crippen LogP contribution in [0.4, 0.5) is 0 Å². The van der Waals surface area contributed by atoms with Gasteiger partial charge in [-0.1, -0.05) is 47.6 Å². The van der Waals surface area contributed by atoms with E-state index in [-0.39, 0.29) is 22.0 Å². The van der Waals surface area contributed by atoms with Crippen molar-refractivity contribution < 1.29 is 14.6 Å². The van der Waals surface area contributed by atoms with Crippen molar-refractivity contribution in [2.45, 2.75) is 105 Å². The summed E-state index contributed by atoms with van der Waals surface area (Å²) in [6.07, 6.45) is 0. The first-order valence-electron chi connectivity index (χ1n) is 11.2. The summed E-state index contributed by atoms with van der Waals surface area (Å²) < 4.78 is 12.5. The minimum absolute atomic E-state index is 0.0615. The van der Waals surface area contributed by atoms with Crippen LogP contribution in [-0.4, -0.2) is 16.3 Å². The van der Waals surface area contributed by atoms with Crippen LogP contribution in [0.15, 0.2) is 30.3 Å². The number of phenolic OH excluding ortho intramolecular Hbond substituents is 1. The highest BCUT2D eigenvalue weighted by Crippen LogP contribution is 2.44. The molecule has 0 heterocycles. The van der Waals surface area contributed by atoms with Gasteiger partial charge in [-0.2, -0.15) is 0 Å². The van der Waals surface area contributed by atoms with E-state index in [0.29, 0.717) is 5.75 Å². The fourth-order valence-corrected chi connectivity index (χ4v) is 3.41. The number of hydrogen-bond donors (Lipinski definition) is 1. The molecule has 2 aromatic rings. The van der Waals surface area contributed by atoms with E-state index in [9.17, 15) is 5.11 Å². The van der Waals surface area contributed by atoms with E-state index >= 15 is 0 Å². The Hall–Kier alpha value is -2.16. The number of benzene rings is 2. The van der Waals surface area contributed by atoms with Crippen LogP contribution in [0.1, 0.15) is 94.2 Å². The minimum Gasteiger partial charge on any atom is -0.507 e. The van der Waals surface area contributed by atoms with E-state index in [1.807, 2.05) is 59.7 Å². The molecule has 1 N–H and O–H groups in total. The standard InChI is InChI=1S/C28H42O3/c1-25(2,3)19-13-18(14-20(15-19)30-27(7,8)9)22-16-21(31-28(10,11)12)17-23(24(22)29)26(4,5)6/h13-17,29H,1-12H3. The quantitative estimate of drug-likeness (QED) is 0.540. The second-order valence-electron chi connectivity index (χ2n) is 12.5. The van der Waals surface area contributed by atoms with E-state index in [1.54, 1.807) is 0 Å². The van der Waals surface area contributed by atoms with Gasteiger partial charge in [0.05, 0.1) is 0 Å². The first kappa shape index (κ1) is 25.1. The zero-order valence-corrected chi connectivity index (χ0v) is 21.7. The molecule has 0 unspecified atom stereocenters. The fraction of sp³-hybridized carbons (Fsp3) is 0.571. The van der Waals surface area contributed by atoms with Crippen molar-refractivity contribution >= 4 is 0 Å². The largest absolute Gasteiger partial charge is 0.507 e. The molecule has 0 atom stereocenters. The molecule has 172 valence electrons. The number of hydrogen-bond acceptors (Lipinski definition) is 3. The van der Waals surface area contributed by atoms with E-state index in [4.69, 9.17) is 9.47 Å². The Morgan fingerprint density at radius 1 is 0.581 bits per heavy atom. The summed E-state index contributed by atoms with van der Waals surface area (Å²) in [5.41, 5.74) is 2.76. The van der Waals surface area contributed by atoms with Crippen molar-refractivity contribution in [3.8, 4) is 28.4 Å². The molecular weight excluding hydrogens is 384 g/mol. The van der Waals surface area contributed by atoms with E-state index < -0.39 is 0 Å². The minimum atomic E-state index is -0.336. The van der Waals surface area contributed by atoms with Crippen molar-refractivity contribution in [1.82, 2.24) is 0 Å². The molecule has 0 radical (unpaired) electrons. The van der Waals surface area contributed by atoms with Gasteiger partial charge in [-0.3, -0.25) is 0 Å². The molecule has 0 aromatic heterocycles. The number of ether oxygens (including phenoxy) is 2. The first-order chi connectivity index (χ1) is 13.8. The van der Waals surface area contributed by atoms with Crippen LogP contribution in [0.2, 0.25) is 0 Å². The molecule has 0 aliphatic heterocycles. The average molecular weight is 427 g/mol. The fourth-order valence-electron chi connectivity index (χ4n) is 3.41. The summed E-state index contributed by atoms with van der Waals surface area (Å²) >= 11 is 0. The zero-order chi connectivity index (χ0) is 24.0. The topological polar surface area (TPSA) is 38.7 Å². The molecule has 0 aliphatic carbocycles. The summed E-state index contributed by atoms with van der Waals surface area (Å²) in [5.74, 6) is 1.85. The Morgan fingerprint density at radius 2 is 1.06 bits per heavy atom. The third kappa shape index (κ3) is 6.92. The molecular formula is C28H42O3. The summed E-state index contributed by atoms with van der Waals surface area (Å²) in [6.45, 7) is 25.1. The highest BCUT2D eigenvalue weighted by molar-refractivity contribution is 5.76. The van der Waals surface area contributed by atoms with Crippen molar-refractivity contribution in [1.29, 1.82) is 0 Å². The normalized spacial score (nSPS) is 13.3. The van der Waals surface area contributed by atoms with Gasteiger partial charge in [-0.05, 0) is 87.8 Å². The van der Waals surface area contributed by atoms with Crippen LogP contribution in [0.5, 0.6) is 17.2 Å². The molecule has 0 fully saturated rings. The van der Waals surface area contributed by atoms with Gasteiger partial charge in [0, 0.05) is 11.1 Å². The second kappa shape index (κ2) is 8.07. The maximum absolute atomic E-state index is 11.3. The highest BCUT2D eigenvalue weighted by atomic mass is 16.5. The summed E-state index contributed by atoms with van der Waals surface area (Å²) in [6, 6.07) is 10.2. The number of aromatic hydroxyl groups is 1. The third-order valence-corrected chi connectivity index (χ3v) is 4.82. The first-order valence-corrected chi connectivity index (χ1v) is 11.2. The lowest BCUT2D eigenvalue weighted by Gasteiger charge is -2.28. The molecule has 31 heavy (non-hydrogen) atoms. The van der Waals surface area contributed by atoms with Crippen LogP contribution >= 0.6 is 0 Å². The SMILES string of the molecule is CC(C)(C)Oc1cc(-c2cc(OC(C)(C)C)cc(C(C)(C)C)c2O)cc(C(C)(C)C)c1. The smallest absolute Gasteiger partial charge is 0.127 e. The van der Waals surface area contributed by atoms with Crippen LogP contribution in [0.3, 0.4) is 0 Å². The van der Waals surface area contributed by atoms with Crippen molar-refractivity contribution in [3.05, 3.63) is 41.5 Å². The molecule has 2 rings (SSSR count). The molecule has 0 amide bonds. The monoisotopic (exact) mass is 426 g/mol. The Morgan fingerprint density at radius 3 is 1.48 bits per heavy atom. The van der Waals surface area contributed by atoms with E-state index in [1.165, 1.54) is 0 Å². The predicted molar refractivity (Wildman–Crippen MR) is 132 cm³/mol. The summed E-state index contributed by atoms with van der Waals surface area (Å²) in [4.78, 5) is 0. The van der Waals surface area contributed by atoms with Gasteiger partial charge in [0.2, 0.25) is 0 Å². The molecule has 0 spiro atoms. The summed E-state index contributed by atoms with van der Waals surface area (Å²) in [5, 5.41) is 11.3. The average Bonchev–Trinajstić information content (AvgIpc) is 2.51. The van der Waals surface area contributed by atoms with E-state index in [0.717, 1.165) is 33.8 Å². The van der Waals surface area contributed by atoms with Gasteiger partial charge in [-0.15, -0.1) is 0 Å². The molecule has 2 aromatic carbocycles. The van der Waals surface area contributed by atoms with Gasteiger partial charge in [0.1, 0.15) is 28.5 Å². The zero-order valence-electron chi connectivity index (χ0n) is 21.7. The maximum Gasteiger partial charge on any atom is 0.127 e. The maximum atomic E-state index is 11.3. The Kier molecular flexibility index (Phi) is 6.54. The van der Waals surface area contributed by atoms with Gasteiger partial charge in [-0.25, -0.2) is 0 Å². The van der Waals surface area contributed by atoms with Crippen LogP contribution in [0, 0.1) is 0 Å². The summed E-state index contributed by atoms with van der Waals surface area (Å²) in [7, 11) is 0.